The number of nitrogens with one attached hydrogen (secondary N) is 1. The van der Waals surface area contributed by atoms with Crippen LogP contribution in [0.5, 0.6) is 0 Å². The Morgan fingerprint density at radius 2 is 2.11 bits per heavy atom. The first kappa shape index (κ1) is 15.3. The third-order valence-corrected chi connectivity index (χ3v) is 4.90. The molecule has 1 rings (SSSR count). The summed E-state index contributed by atoms with van der Waals surface area (Å²) < 4.78 is 0. The lowest BCUT2D eigenvalue weighted by Crippen LogP contribution is -2.47. The number of hydrogen-bond donors (Lipinski definition) is 2. The van der Waals surface area contributed by atoms with Crippen molar-refractivity contribution in [3.05, 3.63) is 0 Å². The van der Waals surface area contributed by atoms with Gasteiger partial charge < -0.3 is 11.1 Å². The van der Waals surface area contributed by atoms with Gasteiger partial charge in [0.2, 0.25) is 5.91 Å². The highest BCUT2D eigenvalue weighted by Crippen LogP contribution is 2.35. The Kier molecular flexibility index (Phi) is 5.08. The fraction of sp³-hybridized carbons (Fsp3) is 0.846. The molecule has 0 aromatic carbocycles. The van der Waals surface area contributed by atoms with E-state index >= 15 is 0 Å². The number of amidine groups is 1. The highest BCUT2D eigenvalue weighted by Gasteiger charge is 2.31. The second kappa shape index (κ2) is 5.95. The molecule has 1 heterocycles. The fourth-order valence-corrected chi connectivity index (χ4v) is 3.52. The molecule has 0 fully saturated rings. The zero-order chi connectivity index (χ0) is 13.8. The van der Waals surface area contributed by atoms with E-state index in [1.807, 2.05) is 13.8 Å². The van der Waals surface area contributed by atoms with Crippen LogP contribution in [0.15, 0.2) is 4.99 Å². The molecule has 3 N–H and O–H groups in total. The Labute approximate surface area is 114 Å². The van der Waals surface area contributed by atoms with E-state index in [4.69, 9.17) is 5.73 Å². The molecule has 0 aromatic heterocycles. The van der Waals surface area contributed by atoms with Gasteiger partial charge in [-0.05, 0) is 32.1 Å². The maximum atomic E-state index is 11.0. The van der Waals surface area contributed by atoms with Crippen LogP contribution in [-0.4, -0.2) is 28.9 Å². The van der Waals surface area contributed by atoms with Gasteiger partial charge in [0, 0.05) is 24.3 Å². The maximum absolute atomic E-state index is 11.0. The van der Waals surface area contributed by atoms with Gasteiger partial charge in [-0.25, -0.2) is 0 Å². The summed E-state index contributed by atoms with van der Waals surface area (Å²) in [6, 6.07) is 0. The number of carbonyl (C=O) groups is 1. The number of amides is 1. The second-order valence-electron chi connectivity index (χ2n) is 5.77. The molecule has 0 bridgehead atoms. The van der Waals surface area contributed by atoms with Crippen LogP contribution in [0, 0.1) is 5.41 Å². The van der Waals surface area contributed by atoms with E-state index in [1.165, 1.54) is 0 Å². The third kappa shape index (κ3) is 4.19. The smallest absolute Gasteiger partial charge is 0.219 e. The van der Waals surface area contributed by atoms with Gasteiger partial charge in [0.15, 0.2) is 5.17 Å². The highest BCUT2D eigenvalue weighted by atomic mass is 32.2. The molecule has 5 heteroatoms. The molecule has 0 saturated carbocycles. The van der Waals surface area contributed by atoms with Crippen LogP contribution < -0.4 is 11.1 Å². The standard InChI is InChI=1S/C13H25N3OS/c1-5-13(6-2)8-15-11(18-9-13)16-12(3,4)7-10(14)17/h5-9H2,1-4H3,(H2,14,17)(H,15,16). The molecular weight excluding hydrogens is 246 g/mol. The third-order valence-electron chi connectivity index (χ3n) is 3.63. The predicted molar refractivity (Wildman–Crippen MR) is 78.8 cm³/mol. The van der Waals surface area contributed by atoms with Crippen molar-refractivity contribution in [2.45, 2.75) is 52.5 Å². The van der Waals surface area contributed by atoms with E-state index in [1.54, 1.807) is 11.8 Å². The van der Waals surface area contributed by atoms with Crippen molar-refractivity contribution in [3.8, 4) is 0 Å². The number of nitrogens with two attached hydrogens (primary N) is 1. The van der Waals surface area contributed by atoms with Crippen LogP contribution in [0.25, 0.3) is 0 Å². The van der Waals surface area contributed by atoms with Gasteiger partial charge in [-0.1, -0.05) is 25.6 Å². The summed E-state index contributed by atoms with van der Waals surface area (Å²) in [7, 11) is 0. The monoisotopic (exact) mass is 271 g/mol. The Hall–Kier alpha value is -0.710. The average molecular weight is 271 g/mol. The van der Waals surface area contributed by atoms with Crippen molar-refractivity contribution in [2.75, 3.05) is 12.3 Å². The molecule has 0 aliphatic carbocycles. The lowest BCUT2D eigenvalue weighted by molar-refractivity contribution is -0.119. The molecule has 104 valence electrons. The molecule has 0 atom stereocenters. The van der Waals surface area contributed by atoms with Gasteiger partial charge in [0.1, 0.15) is 0 Å². The minimum Gasteiger partial charge on any atom is -0.370 e. The van der Waals surface area contributed by atoms with E-state index in [2.05, 4.69) is 24.2 Å². The Bertz CT molecular complexity index is 335. The molecule has 0 saturated heterocycles. The van der Waals surface area contributed by atoms with E-state index in [-0.39, 0.29) is 11.4 Å². The van der Waals surface area contributed by atoms with Crippen LogP contribution in [0.1, 0.15) is 47.0 Å². The van der Waals surface area contributed by atoms with Crippen molar-refractivity contribution >= 4 is 22.8 Å². The SMILES string of the molecule is CCC1(CC)CN=C(NC(C)(C)CC(N)=O)SC1. The summed E-state index contributed by atoms with van der Waals surface area (Å²) in [5.41, 5.74) is 5.27. The molecule has 0 aromatic rings. The number of thioether (sulfide) groups is 1. The molecule has 18 heavy (non-hydrogen) atoms. The summed E-state index contributed by atoms with van der Waals surface area (Å²) in [5, 5.41) is 4.27. The lowest BCUT2D eigenvalue weighted by atomic mass is 9.84. The lowest BCUT2D eigenvalue weighted by Gasteiger charge is -2.35. The first-order chi connectivity index (χ1) is 8.32. The Morgan fingerprint density at radius 3 is 2.50 bits per heavy atom. The van der Waals surface area contributed by atoms with Crippen molar-refractivity contribution < 1.29 is 4.79 Å². The molecular formula is C13H25N3OS. The predicted octanol–water partition coefficient (Wildman–Crippen LogP) is 2.14. The fourth-order valence-electron chi connectivity index (χ4n) is 2.07. The van der Waals surface area contributed by atoms with Crippen LogP contribution in [-0.2, 0) is 4.79 Å². The Morgan fingerprint density at radius 1 is 1.50 bits per heavy atom. The van der Waals surface area contributed by atoms with Crippen LogP contribution >= 0.6 is 11.8 Å². The minimum absolute atomic E-state index is 0.287. The van der Waals surface area contributed by atoms with Crippen LogP contribution in [0.3, 0.4) is 0 Å². The van der Waals surface area contributed by atoms with E-state index < -0.39 is 0 Å². The molecule has 0 unspecified atom stereocenters. The number of nitrogens with zero attached hydrogens (tertiary/aromatic N) is 1. The van der Waals surface area contributed by atoms with E-state index in [0.717, 1.165) is 30.3 Å². The van der Waals surface area contributed by atoms with Gasteiger partial charge in [-0.3, -0.25) is 9.79 Å². The van der Waals surface area contributed by atoms with Crippen molar-refractivity contribution in [3.63, 3.8) is 0 Å². The number of carbonyl (C=O) groups excluding carboxylic acids is 1. The Balaban J connectivity index is 2.61. The quantitative estimate of drug-likeness (QED) is 0.805. The topological polar surface area (TPSA) is 67.5 Å². The van der Waals surface area contributed by atoms with Crippen molar-refractivity contribution in [1.82, 2.24) is 5.32 Å². The van der Waals surface area contributed by atoms with Gasteiger partial charge in [-0.15, -0.1) is 0 Å². The minimum atomic E-state index is -0.323. The second-order valence-corrected chi connectivity index (χ2v) is 6.73. The first-order valence-electron chi connectivity index (χ1n) is 6.56. The van der Waals surface area contributed by atoms with E-state index in [9.17, 15) is 4.79 Å². The van der Waals surface area contributed by atoms with Crippen LogP contribution in [0.4, 0.5) is 0 Å². The summed E-state index contributed by atoms with van der Waals surface area (Å²) in [6.45, 7) is 9.29. The maximum Gasteiger partial charge on any atom is 0.219 e. The summed E-state index contributed by atoms with van der Waals surface area (Å²) in [6.07, 6.45) is 2.65. The zero-order valence-electron chi connectivity index (χ0n) is 11.9. The summed E-state index contributed by atoms with van der Waals surface area (Å²) >= 11 is 1.76. The normalized spacial score (nSPS) is 19.2. The average Bonchev–Trinajstić information content (AvgIpc) is 2.28. The van der Waals surface area contributed by atoms with Gasteiger partial charge in [0.25, 0.3) is 0 Å². The molecule has 1 aliphatic heterocycles. The van der Waals surface area contributed by atoms with Crippen molar-refractivity contribution in [2.24, 2.45) is 16.1 Å². The van der Waals surface area contributed by atoms with Gasteiger partial charge in [-0.2, -0.15) is 0 Å². The molecule has 0 spiro atoms. The largest absolute Gasteiger partial charge is 0.370 e. The number of hydrogen-bond acceptors (Lipinski definition) is 4. The molecule has 1 aliphatic rings. The summed E-state index contributed by atoms with van der Waals surface area (Å²) in [5.74, 6) is 0.809. The van der Waals surface area contributed by atoms with Crippen molar-refractivity contribution in [1.29, 1.82) is 0 Å². The number of aliphatic imine (C=N–C) groups is 1. The molecule has 4 nitrogen and oxygen atoms in total. The molecule has 1 amide bonds. The highest BCUT2D eigenvalue weighted by molar-refractivity contribution is 8.13. The zero-order valence-corrected chi connectivity index (χ0v) is 12.7. The summed E-state index contributed by atoms with van der Waals surface area (Å²) in [4.78, 5) is 15.6. The van der Waals surface area contributed by atoms with Gasteiger partial charge in [0.05, 0.1) is 0 Å². The number of rotatable bonds is 5. The van der Waals surface area contributed by atoms with Gasteiger partial charge >= 0.3 is 0 Å². The first-order valence-corrected chi connectivity index (χ1v) is 7.55. The van der Waals surface area contributed by atoms with Crippen LogP contribution in [0.2, 0.25) is 0 Å². The molecule has 0 radical (unpaired) electrons. The number of primary amides is 1. The van der Waals surface area contributed by atoms with E-state index in [0.29, 0.717) is 11.8 Å².